The summed E-state index contributed by atoms with van der Waals surface area (Å²) in [6, 6.07) is 17.1. The molecule has 0 amide bonds. The van der Waals surface area contributed by atoms with Crippen LogP contribution in [-0.2, 0) is 4.52 Å². The Morgan fingerprint density at radius 1 is 0.944 bits per heavy atom. The fourth-order valence-corrected chi connectivity index (χ4v) is 1.87. The zero-order valence-electron chi connectivity index (χ0n) is 9.39. The third-order valence-corrected chi connectivity index (χ3v) is 2.79. The first-order chi connectivity index (χ1) is 8.75. The lowest BCUT2D eigenvalue weighted by Gasteiger charge is -2.10. The van der Waals surface area contributed by atoms with Gasteiger partial charge in [-0.2, -0.15) is 0 Å². The lowest BCUT2D eigenvalue weighted by molar-refractivity contribution is 0.0718. The molecule has 92 valence electrons. The molecule has 18 heavy (non-hydrogen) atoms. The van der Waals surface area contributed by atoms with E-state index < -0.39 is 14.6 Å². The molecule has 0 radical (unpaired) electrons. The van der Waals surface area contributed by atoms with Crippen molar-refractivity contribution in [1.82, 2.24) is 0 Å². The quantitative estimate of drug-likeness (QED) is 0.860. The van der Waals surface area contributed by atoms with Crippen LogP contribution >= 0.6 is 8.60 Å². The van der Waals surface area contributed by atoms with Crippen LogP contribution in [0.3, 0.4) is 0 Å². The van der Waals surface area contributed by atoms with Crippen molar-refractivity contribution in [2.24, 2.45) is 0 Å². The Balaban J connectivity index is 1.92. The maximum atomic E-state index is 11.6. The molecule has 2 rings (SSSR count). The van der Waals surface area contributed by atoms with E-state index in [0.717, 1.165) is 0 Å². The van der Waals surface area contributed by atoms with E-state index in [1.807, 2.05) is 6.07 Å². The molecule has 0 bridgehead atoms. The van der Waals surface area contributed by atoms with Crippen molar-refractivity contribution in [1.29, 1.82) is 0 Å². The van der Waals surface area contributed by atoms with Gasteiger partial charge >= 0.3 is 14.6 Å². The van der Waals surface area contributed by atoms with E-state index in [0.29, 0.717) is 11.3 Å². The van der Waals surface area contributed by atoms with E-state index in [2.05, 4.69) is 0 Å². The zero-order chi connectivity index (χ0) is 12.8. The molecule has 1 N–H and O–H groups in total. The molecule has 1 atom stereocenters. The summed E-state index contributed by atoms with van der Waals surface area (Å²) < 4.78 is 9.88. The number of para-hydroxylation sites is 1. The van der Waals surface area contributed by atoms with Crippen LogP contribution < -0.4 is 4.52 Å². The van der Waals surface area contributed by atoms with Crippen LogP contribution in [0.5, 0.6) is 5.75 Å². The third-order valence-electron chi connectivity index (χ3n) is 2.10. The molecule has 2 aromatic rings. The molecule has 2 aromatic carbocycles. The molecule has 1 unspecified atom stereocenters. The minimum atomic E-state index is -2.27. The van der Waals surface area contributed by atoms with Gasteiger partial charge in [0.2, 0.25) is 0 Å². The van der Waals surface area contributed by atoms with Gasteiger partial charge in [0.05, 0.1) is 5.56 Å². The molecule has 5 heteroatoms. The summed E-state index contributed by atoms with van der Waals surface area (Å²) in [4.78, 5) is 21.1. The third kappa shape index (κ3) is 3.55. The van der Waals surface area contributed by atoms with E-state index in [1.54, 1.807) is 54.6 Å². The van der Waals surface area contributed by atoms with Gasteiger partial charge < -0.3 is 13.9 Å². The first kappa shape index (κ1) is 12.6. The Kier molecular flexibility index (Phi) is 4.29. The average Bonchev–Trinajstić information content (AvgIpc) is 2.40. The summed E-state index contributed by atoms with van der Waals surface area (Å²) in [6.45, 7) is 0. The summed E-state index contributed by atoms with van der Waals surface area (Å²) in [5, 5.41) is 0. The SMILES string of the molecule is O=C(OP(O)Oc1ccccc1)c1ccccc1. The van der Waals surface area contributed by atoms with E-state index in [4.69, 9.17) is 9.05 Å². The van der Waals surface area contributed by atoms with Gasteiger partial charge in [-0.1, -0.05) is 36.4 Å². The summed E-state index contributed by atoms with van der Waals surface area (Å²) in [5.74, 6) is -0.160. The molecule has 4 nitrogen and oxygen atoms in total. The highest BCUT2D eigenvalue weighted by Crippen LogP contribution is 2.35. The number of hydrogen-bond acceptors (Lipinski definition) is 4. The fraction of sp³-hybridized carbons (Fsp3) is 0. The van der Waals surface area contributed by atoms with Gasteiger partial charge in [-0.3, -0.25) is 0 Å². The van der Waals surface area contributed by atoms with Crippen LogP contribution in [0.1, 0.15) is 10.4 Å². The number of carbonyl (C=O) groups is 1. The van der Waals surface area contributed by atoms with Gasteiger partial charge in [0, 0.05) is 0 Å². The fourth-order valence-electron chi connectivity index (χ4n) is 1.29. The summed E-state index contributed by atoms with van der Waals surface area (Å²) in [5.41, 5.74) is 0.371. The smallest absolute Gasteiger partial charge is 0.418 e. The van der Waals surface area contributed by atoms with Gasteiger partial charge in [0.1, 0.15) is 5.75 Å². The van der Waals surface area contributed by atoms with Gasteiger partial charge in [-0.15, -0.1) is 0 Å². The minimum absolute atomic E-state index is 0.371. The normalized spacial score (nSPS) is 11.6. The molecule has 0 fully saturated rings. The Labute approximate surface area is 106 Å². The molecule has 0 aliphatic rings. The molecular weight excluding hydrogens is 251 g/mol. The maximum Gasteiger partial charge on any atom is 0.462 e. The molecular formula is C13H11O4P. The number of carbonyl (C=O) groups excluding carboxylic acids is 1. The van der Waals surface area contributed by atoms with Crippen molar-refractivity contribution in [3.05, 3.63) is 66.2 Å². The number of benzene rings is 2. The maximum absolute atomic E-state index is 11.6. The Bertz CT molecular complexity index is 501. The largest absolute Gasteiger partial charge is 0.462 e. The second kappa shape index (κ2) is 6.15. The molecule has 0 saturated carbocycles. The summed E-state index contributed by atoms with van der Waals surface area (Å²) in [7, 11) is -2.27. The van der Waals surface area contributed by atoms with Crippen molar-refractivity contribution < 1.29 is 18.7 Å². The second-order valence-electron chi connectivity index (χ2n) is 3.39. The highest BCUT2D eigenvalue weighted by molar-refractivity contribution is 7.41. The Morgan fingerprint density at radius 2 is 1.50 bits per heavy atom. The highest BCUT2D eigenvalue weighted by atomic mass is 31.2. The number of rotatable bonds is 4. The van der Waals surface area contributed by atoms with Crippen molar-refractivity contribution in [3.63, 3.8) is 0 Å². The van der Waals surface area contributed by atoms with E-state index in [9.17, 15) is 9.69 Å². The van der Waals surface area contributed by atoms with Crippen LogP contribution in [0.4, 0.5) is 0 Å². The molecule has 0 heterocycles. The van der Waals surface area contributed by atoms with E-state index >= 15 is 0 Å². The van der Waals surface area contributed by atoms with Crippen LogP contribution in [-0.4, -0.2) is 10.9 Å². The molecule has 0 saturated heterocycles. The molecule has 0 spiro atoms. The summed E-state index contributed by atoms with van der Waals surface area (Å²) >= 11 is 0. The van der Waals surface area contributed by atoms with Crippen molar-refractivity contribution >= 4 is 14.6 Å². The average molecular weight is 262 g/mol. The van der Waals surface area contributed by atoms with Gasteiger partial charge in [0.15, 0.2) is 0 Å². The predicted octanol–water partition coefficient (Wildman–Crippen LogP) is 3.14. The first-order valence-electron chi connectivity index (χ1n) is 5.25. The van der Waals surface area contributed by atoms with Crippen molar-refractivity contribution in [2.75, 3.05) is 0 Å². The van der Waals surface area contributed by atoms with Gasteiger partial charge in [0.25, 0.3) is 0 Å². The van der Waals surface area contributed by atoms with Crippen molar-refractivity contribution in [2.45, 2.75) is 0 Å². The zero-order valence-corrected chi connectivity index (χ0v) is 10.3. The van der Waals surface area contributed by atoms with Gasteiger partial charge in [-0.25, -0.2) is 4.79 Å². The first-order valence-corrected chi connectivity index (χ1v) is 6.38. The van der Waals surface area contributed by atoms with E-state index in [-0.39, 0.29) is 0 Å². The van der Waals surface area contributed by atoms with Crippen LogP contribution in [0, 0.1) is 0 Å². The van der Waals surface area contributed by atoms with Gasteiger partial charge in [-0.05, 0) is 24.3 Å². The lowest BCUT2D eigenvalue weighted by atomic mass is 10.2. The Morgan fingerprint density at radius 3 is 2.11 bits per heavy atom. The minimum Gasteiger partial charge on any atom is -0.418 e. The molecule has 0 aliphatic carbocycles. The molecule has 0 aliphatic heterocycles. The highest BCUT2D eigenvalue weighted by Gasteiger charge is 2.16. The van der Waals surface area contributed by atoms with E-state index in [1.165, 1.54) is 0 Å². The lowest BCUT2D eigenvalue weighted by Crippen LogP contribution is -2.03. The Hall–Kier alpha value is -1.90. The predicted molar refractivity (Wildman–Crippen MR) is 68.1 cm³/mol. The summed E-state index contributed by atoms with van der Waals surface area (Å²) in [6.07, 6.45) is 0. The number of hydrogen-bond donors (Lipinski definition) is 1. The standard InChI is InChI=1S/C13H11O4P/c14-13(11-7-3-1-4-8-11)17-18(15)16-12-9-5-2-6-10-12/h1-10,15H. The van der Waals surface area contributed by atoms with Crippen LogP contribution in [0.25, 0.3) is 0 Å². The van der Waals surface area contributed by atoms with Crippen LogP contribution in [0.15, 0.2) is 60.7 Å². The molecule has 0 aromatic heterocycles. The monoisotopic (exact) mass is 262 g/mol. The topological polar surface area (TPSA) is 55.8 Å². The second-order valence-corrected chi connectivity index (χ2v) is 4.23. The van der Waals surface area contributed by atoms with Crippen molar-refractivity contribution in [3.8, 4) is 5.75 Å². The van der Waals surface area contributed by atoms with Crippen LogP contribution in [0.2, 0.25) is 0 Å².